The van der Waals surface area contributed by atoms with Crippen LogP contribution in [0.3, 0.4) is 0 Å². The van der Waals surface area contributed by atoms with Crippen LogP contribution in [0.5, 0.6) is 0 Å². The molecule has 6 heteroatoms. The summed E-state index contributed by atoms with van der Waals surface area (Å²) < 4.78 is 5.27. The molecule has 0 aromatic heterocycles. The van der Waals surface area contributed by atoms with E-state index in [1.807, 2.05) is 11.9 Å². The van der Waals surface area contributed by atoms with Crippen molar-refractivity contribution in [2.75, 3.05) is 37.4 Å². The average Bonchev–Trinajstić information content (AvgIpc) is 2.34. The summed E-state index contributed by atoms with van der Waals surface area (Å²) in [6.07, 6.45) is 1.25. The summed E-state index contributed by atoms with van der Waals surface area (Å²) in [5.74, 6) is 0. The molecule has 0 bridgehead atoms. The van der Waals surface area contributed by atoms with Crippen molar-refractivity contribution in [2.45, 2.75) is 18.4 Å². The van der Waals surface area contributed by atoms with Crippen molar-refractivity contribution in [3.8, 4) is 0 Å². The second-order valence-corrected chi connectivity index (χ2v) is 5.83. The lowest BCUT2D eigenvalue weighted by Crippen LogP contribution is -2.45. The lowest BCUT2D eigenvalue weighted by molar-refractivity contribution is -0.0572. The minimum atomic E-state index is -0.744. The molecule has 0 unspecified atom stereocenters. The Hall–Kier alpha value is -0.680. The molecule has 1 heterocycles. The van der Waals surface area contributed by atoms with Gasteiger partial charge in [-0.05, 0) is 12.1 Å². The number of benzene rings is 1. The van der Waals surface area contributed by atoms with Gasteiger partial charge in [0.05, 0.1) is 27.0 Å². The highest BCUT2D eigenvalue weighted by Gasteiger charge is 2.31. The van der Waals surface area contributed by atoms with Crippen LogP contribution in [-0.4, -0.2) is 37.5 Å². The SMILES string of the molecule is CN(CC1(O)CCOCC1)c1cc(Cl)c(Cl)cc1N. The molecule has 1 fully saturated rings. The van der Waals surface area contributed by atoms with E-state index in [-0.39, 0.29) is 0 Å². The van der Waals surface area contributed by atoms with Crippen molar-refractivity contribution in [3.63, 3.8) is 0 Å². The largest absolute Gasteiger partial charge is 0.397 e. The van der Waals surface area contributed by atoms with E-state index in [1.165, 1.54) is 0 Å². The van der Waals surface area contributed by atoms with Gasteiger partial charge in [-0.1, -0.05) is 23.2 Å². The van der Waals surface area contributed by atoms with Crippen LogP contribution in [0.2, 0.25) is 10.0 Å². The maximum absolute atomic E-state index is 10.5. The lowest BCUT2D eigenvalue weighted by Gasteiger charge is -2.36. The maximum Gasteiger partial charge on any atom is 0.0865 e. The van der Waals surface area contributed by atoms with Crippen molar-refractivity contribution in [2.24, 2.45) is 0 Å². The van der Waals surface area contributed by atoms with Crippen molar-refractivity contribution in [1.29, 1.82) is 0 Å². The van der Waals surface area contributed by atoms with Gasteiger partial charge in [-0.3, -0.25) is 0 Å². The van der Waals surface area contributed by atoms with Crippen LogP contribution >= 0.6 is 23.2 Å². The molecule has 1 saturated heterocycles. The van der Waals surface area contributed by atoms with Crippen molar-refractivity contribution >= 4 is 34.6 Å². The Labute approximate surface area is 123 Å². The Morgan fingerprint density at radius 1 is 1.32 bits per heavy atom. The quantitative estimate of drug-likeness (QED) is 0.843. The van der Waals surface area contributed by atoms with E-state index < -0.39 is 5.60 Å². The van der Waals surface area contributed by atoms with Gasteiger partial charge in [0.1, 0.15) is 0 Å². The summed E-state index contributed by atoms with van der Waals surface area (Å²) in [6.45, 7) is 1.65. The zero-order valence-corrected chi connectivity index (χ0v) is 12.3. The van der Waals surface area contributed by atoms with E-state index in [9.17, 15) is 5.11 Å². The number of halogens is 2. The number of nitrogen functional groups attached to an aromatic ring is 1. The summed E-state index contributed by atoms with van der Waals surface area (Å²) in [7, 11) is 1.88. The maximum atomic E-state index is 10.5. The number of nitrogens with two attached hydrogens (primary N) is 1. The molecule has 2 rings (SSSR count). The van der Waals surface area contributed by atoms with Crippen LogP contribution in [0.1, 0.15) is 12.8 Å². The normalized spacial score (nSPS) is 18.3. The minimum absolute atomic E-state index is 0.432. The second-order valence-electron chi connectivity index (χ2n) is 5.02. The molecule has 0 radical (unpaired) electrons. The zero-order chi connectivity index (χ0) is 14.0. The van der Waals surface area contributed by atoms with Crippen molar-refractivity contribution in [1.82, 2.24) is 0 Å². The third-order valence-corrected chi connectivity index (χ3v) is 4.16. The van der Waals surface area contributed by atoms with Crippen LogP contribution < -0.4 is 10.6 Å². The Kier molecular flexibility index (Phi) is 4.46. The van der Waals surface area contributed by atoms with Crippen LogP contribution in [0, 0.1) is 0 Å². The summed E-state index contributed by atoms with van der Waals surface area (Å²) in [4.78, 5) is 1.91. The first-order valence-electron chi connectivity index (χ1n) is 6.17. The standard InChI is InChI=1S/C13H18Cl2N2O2/c1-17(8-13(18)2-4-19-5-3-13)12-7-10(15)9(14)6-11(12)16/h6-7,18H,2-5,8,16H2,1H3. The first-order chi connectivity index (χ1) is 8.91. The van der Waals surface area contributed by atoms with Gasteiger partial charge in [-0.2, -0.15) is 0 Å². The molecule has 0 saturated carbocycles. The molecule has 1 aromatic carbocycles. The van der Waals surface area contributed by atoms with Gasteiger partial charge < -0.3 is 20.5 Å². The molecule has 1 aromatic rings. The average molecular weight is 305 g/mol. The number of hydrogen-bond donors (Lipinski definition) is 2. The van der Waals surface area contributed by atoms with E-state index in [4.69, 9.17) is 33.7 Å². The van der Waals surface area contributed by atoms with E-state index >= 15 is 0 Å². The van der Waals surface area contributed by atoms with E-state index in [0.717, 1.165) is 5.69 Å². The molecule has 106 valence electrons. The van der Waals surface area contributed by atoms with Gasteiger partial charge in [-0.25, -0.2) is 0 Å². The van der Waals surface area contributed by atoms with Gasteiger partial charge in [-0.15, -0.1) is 0 Å². The lowest BCUT2D eigenvalue weighted by atomic mass is 9.93. The molecular formula is C13H18Cl2N2O2. The topological polar surface area (TPSA) is 58.7 Å². The predicted molar refractivity (Wildman–Crippen MR) is 79.1 cm³/mol. The number of likely N-dealkylation sites (N-methyl/N-ethyl adjacent to an activating group) is 1. The zero-order valence-electron chi connectivity index (χ0n) is 10.8. The minimum Gasteiger partial charge on any atom is -0.397 e. The Morgan fingerprint density at radius 2 is 1.89 bits per heavy atom. The fourth-order valence-electron chi connectivity index (χ4n) is 2.32. The monoisotopic (exact) mass is 304 g/mol. The summed E-state index contributed by atoms with van der Waals surface area (Å²) in [5.41, 5.74) is 6.53. The van der Waals surface area contributed by atoms with Crippen LogP contribution in [-0.2, 0) is 4.74 Å². The predicted octanol–water partition coefficient (Wildman–Crippen LogP) is 2.55. The molecule has 1 aliphatic heterocycles. The number of hydrogen-bond acceptors (Lipinski definition) is 4. The Balaban J connectivity index is 2.15. The number of rotatable bonds is 3. The van der Waals surface area contributed by atoms with Crippen LogP contribution in [0.25, 0.3) is 0 Å². The van der Waals surface area contributed by atoms with Gasteiger partial charge >= 0.3 is 0 Å². The van der Waals surface area contributed by atoms with E-state index in [2.05, 4.69) is 0 Å². The molecule has 19 heavy (non-hydrogen) atoms. The van der Waals surface area contributed by atoms with Crippen LogP contribution in [0.15, 0.2) is 12.1 Å². The summed E-state index contributed by atoms with van der Waals surface area (Å²) in [5, 5.41) is 11.4. The Morgan fingerprint density at radius 3 is 2.53 bits per heavy atom. The molecule has 0 atom stereocenters. The third-order valence-electron chi connectivity index (χ3n) is 3.44. The van der Waals surface area contributed by atoms with Crippen molar-refractivity contribution in [3.05, 3.63) is 22.2 Å². The number of ether oxygens (including phenoxy) is 1. The van der Waals surface area contributed by atoms with Gasteiger partial charge in [0.25, 0.3) is 0 Å². The second kappa shape index (κ2) is 5.75. The molecule has 3 N–H and O–H groups in total. The summed E-state index contributed by atoms with van der Waals surface area (Å²) in [6, 6.07) is 3.35. The molecule has 0 aliphatic carbocycles. The fraction of sp³-hybridized carbons (Fsp3) is 0.538. The smallest absolute Gasteiger partial charge is 0.0865 e. The number of aliphatic hydroxyl groups is 1. The van der Waals surface area contributed by atoms with E-state index in [0.29, 0.717) is 48.3 Å². The van der Waals surface area contributed by atoms with Gasteiger partial charge in [0.15, 0.2) is 0 Å². The first kappa shape index (κ1) is 14.7. The number of anilines is 2. The highest BCUT2D eigenvalue weighted by atomic mass is 35.5. The fourth-order valence-corrected chi connectivity index (χ4v) is 2.65. The molecule has 0 amide bonds. The molecule has 0 spiro atoms. The number of nitrogens with zero attached hydrogens (tertiary/aromatic N) is 1. The van der Waals surface area contributed by atoms with Crippen LogP contribution in [0.4, 0.5) is 11.4 Å². The van der Waals surface area contributed by atoms with Gasteiger partial charge in [0, 0.05) is 39.6 Å². The van der Waals surface area contributed by atoms with E-state index in [1.54, 1.807) is 12.1 Å². The third kappa shape index (κ3) is 3.45. The molecular weight excluding hydrogens is 287 g/mol. The molecule has 1 aliphatic rings. The summed E-state index contributed by atoms with van der Waals surface area (Å²) >= 11 is 11.9. The highest BCUT2D eigenvalue weighted by molar-refractivity contribution is 6.42. The van der Waals surface area contributed by atoms with Gasteiger partial charge in [0.2, 0.25) is 0 Å². The van der Waals surface area contributed by atoms with Crippen molar-refractivity contribution < 1.29 is 9.84 Å². The highest BCUT2D eigenvalue weighted by Crippen LogP contribution is 2.34. The first-order valence-corrected chi connectivity index (χ1v) is 6.93. The Bertz CT molecular complexity index is 462. The molecule has 4 nitrogen and oxygen atoms in total.